The predicted octanol–water partition coefficient (Wildman–Crippen LogP) is 2.69. The molecule has 1 aromatic carbocycles. The first kappa shape index (κ1) is 14.5. The Morgan fingerprint density at radius 3 is 2.72 bits per heavy atom. The largest absolute Gasteiger partial charge is 0.391 e. The molecule has 0 aliphatic carbocycles. The second-order valence-corrected chi connectivity index (χ2v) is 4.64. The lowest BCUT2D eigenvalue weighted by molar-refractivity contribution is 0.276. The number of halogens is 1. The minimum atomic E-state index is -0.402. The number of aliphatic hydroxyl groups excluding tert-OH is 1. The third-order valence-corrected chi connectivity index (χ3v) is 2.67. The third-order valence-electron chi connectivity index (χ3n) is 2.67. The summed E-state index contributed by atoms with van der Waals surface area (Å²) in [5.41, 5.74) is 0.984. The summed E-state index contributed by atoms with van der Waals surface area (Å²) in [6.45, 7) is 5.08. The van der Waals surface area contributed by atoms with Crippen molar-refractivity contribution >= 4 is 5.69 Å². The van der Waals surface area contributed by atoms with Crippen molar-refractivity contribution in [1.82, 2.24) is 0 Å². The fourth-order valence-corrected chi connectivity index (χ4v) is 1.94. The SMILES string of the molecule is CC(C)CN(CCC#N)c1cccc(F)c1CO. The molecule has 0 fully saturated rings. The lowest BCUT2D eigenvalue weighted by atomic mass is 10.1. The van der Waals surface area contributed by atoms with Gasteiger partial charge >= 0.3 is 0 Å². The number of aliphatic hydroxyl groups is 1. The first-order valence-electron chi connectivity index (χ1n) is 6.10. The predicted molar refractivity (Wildman–Crippen MR) is 69.6 cm³/mol. The van der Waals surface area contributed by atoms with Crippen LogP contribution in [-0.4, -0.2) is 18.2 Å². The van der Waals surface area contributed by atoms with E-state index in [2.05, 4.69) is 19.9 Å². The van der Waals surface area contributed by atoms with Gasteiger partial charge in [-0.05, 0) is 18.1 Å². The van der Waals surface area contributed by atoms with E-state index in [1.165, 1.54) is 6.07 Å². The van der Waals surface area contributed by atoms with Crippen LogP contribution in [-0.2, 0) is 6.61 Å². The first-order chi connectivity index (χ1) is 8.60. The number of nitriles is 1. The molecule has 0 saturated heterocycles. The number of hydrogen-bond acceptors (Lipinski definition) is 3. The Morgan fingerprint density at radius 1 is 1.44 bits per heavy atom. The van der Waals surface area contributed by atoms with Crippen molar-refractivity contribution in [1.29, 1.82) is 5.26 Å². The van der Waals surface area contributed by atoms with Crippen molar-refractivity contribution < 1.29 is 9.50 Å². The van der Waals surface area contributed by atoms with Crippen molar-refractivity contribution in [3.05, 3.63) is 29.6 Å². The third kappa shape index (κ3) is 3.71. The van der Waals surface area contributed by atoms with Gasteiger partial charge in [0.05, 0.1) is 19.1 Å². The van der Waals surface area contributed by atoms with Gasteiger partial charge in [0, 0.05) is 24.3 Å². The van der Waals surface area contributed by atoms with Gasteiger partial charge in [-0.1, -0.05) is 19.9 Å². The van der Waals surface area contributed by atoms with Crippen LogP contribution in [0.15, 0.2) is 18.2 Å². The van der Waals surface area contributed by atoms with E-state index in [0.717, 1.165) is 6.54 Å². The zero-order chi connectivity index (χ0) is 13.5. The summed E-state index contributed by atoms with van der Waals surface area (Å²) < 4.78 is 13.6. The average molecular weight is 250 g/mol. The summed E-state index contributed by atoms with van der Waals surface area (Å²) in [6.07, 6.45) is 0.383. The molecule has 1 aromatic rings. The Hall–Kier alpha value is -1.60. The van der Waals surface area contributed by atoms with Gasteiger partial charge in [-0.3, -0.25) is 0 Å². The molecular weight excluding hydrogens is 231 g/mol. The first-order valence-corrected chi connectivity index (χ1v) is 6.10. The van der Waals surface area contributed by atoms with Crippen molar-refractivity contribution in [2.75, 3.05) is 18.0 Å². The van der Waals surface area contributed by atoms with E-state index in [9.17, 15) is 9.50 Å². The summed E-state index contributed by atoms with van der Waals surface area (Å²) in [7, 11) is 0. The fraction of sp³-hybridized carbons (Fsp3) is 0.500. The minimum absolute atomic E-state index is 0.302. The van der Waals surface area contributed by atoms with E-state index in [0.29, 0.717) is 30.1 Å². The molecule has 0 aromatic heterocycles. The molecule has 0 aliphatic heterocycles. The highest BCUT2D eigenvalue weighted by molar-refractivity contribution is 5.54. The van der Waals surface area contributed by atoms with Crippen molar-refractivity contribution in [2.24, 2.45) is 5.92 Å². The smallest absolute Gasteiger partial charge is 0.130 e. The van der Waals surface area contributed by atoms with Crippen molar-refractivity contribution in [3.8, 4) is 6.07 Å². The van der Waals surface area contributed by atoms with Gasteiger partial charge in [-0.2, -0.15) is 5.26 Å². The summed E-state index contributed by atoms with van der Waals surface area (Å²) in [5.74, 6) is -0.000725. The second-order valence-electron chi connectivity index (χ2n) is 4.64. The van der Waals surface area contributed by atoms with E-state index in [4.69, 9.17) is 5.26 Å². The molecule has 0 saturated carbocycles. The molecule has 0 aliphatic rings. The Balaban J connectivity index is 3.04. The van der Waals surface area contributed by atoms with E-state index in [-0.39, 0.29) is 6.61 Å². The molecule has 0 bridgehead atoms. The quantitative estimate of drug-likeness (QED) is 0.844. The van der Waals surface area contributed by atoms with Crippen LogP contribution in [0.4, 0.5) is 10.1 Å². The number of hydrogen-bond donors (Lipinski definition) is 1. The molecule has 0 atom stereocenters. The molecule has 98 valence electrons. The Kier molecular flexibility index (Phi) is 5.60. The van der Waals surface area contributed by atoms with Gasteiger partial charge in [0.25, 0.3) is 0 Å². The number of rotatable bonds is 6. The highest BCUT2D eigenvalue weighted by Gasteiger charge is 2.14. The Labute approximate surface area is 107 Å². The molecule has 4 heteroatoms. The molecular formula is C14H19FN2O. The number of nitrogens with zero attached hydrogens (tertiary/aromatic N) is 2. The lowest BCUT2D eigenvalue weighted by Gasteiger charge is -2.27. The van der Waals surface area contributed by atoms with Crippen molar-refractivity contribution in [3.63, 3.8) is 0 Å². The normalized spacial score (nSPS) is 10.4. The van der Waals surface area contributed by atoms with Crippen LogP contribution in [0.1, 0.15) is 25.8 Å². The maximum atomic E-state index is 13.6. The second kappa shape index (κ2) is 6.97. The zero-order valence-corrected chi connectivity index (χ0v) is 10.9. The van der Waals surface area contributed by atoms with Gasteiger partial charge in [-0.15, -0.1) is 0 Å². The van der Waals surface area contributed by atoms with Gasteiger partial charge in [0.1, 0.15) is 5.82 Å². The average Bonchev–Trinajstić information content (AvgIpc) is 2.33. The van der Waals surface area contributed by atoms with E-state index in [1.807, 2.05) is 4.90 Å². The molecule has 1 rings (SSSR count). The van der Waals surface area contributed by atoms with Crippen molar-refractivity contribution in [2.45, 2.75) is 26.9 Å². The molecule has 0 heterocycles. The van der Waals surface area contributed by atoms with Crippen LogP contribution in [0, 0.1) is 23.1 Å². The molecule has 3 nitrogen and oxygen atoms in total. The zero-order valence-electron chi connectivity index (χ0n) is 10.9. The van der Waals surface area contributed by atoms with E-state index >= 15 is 0 Å². The monoisotopic (exact) mass is 250 g/mol. The van der Waals surface area contributed by atoms with Crippen LogP contribution in [0.5, 0.6) is 0 Å². The van der Waals surface area contributed by atoms with Gasteiger partial charge in [0.2, 0.25) is 0 Å². The highest BCUT2D eigenvalue weighted by Crippen LogP contribution is 2.24. The van der Waals surface area contributed by atoms with Gasteiger partial charge < -0.3 is 10.0 Å². The maximum Gasteiger partial charge on any atom is 0.130 e. The van der Waals surface area contributed by atoms with Crippen LogP contribution in [0.2, 0.25) is 0 Å². The summed E-state index contributed by atoms with van der Waals surface area (Å²) in [5, 5.41) is 18.0. The molecule has 0 amide bonds. The fourth-order valence-electron chi connectivity index (χ4n) is 1.94. The molecule has 0 radical (unpaired) electrons. The molecule has 18 heavy (non-hydrogen) atoms. The highest BCUT2D eigenvalue weighted by atomic mass is 19.1. The topological polar surface area (TPSA) is 47.3 Å². The van der Waals surface area contributed by atoms with Crippen LogP contribution in [0.3, 0.4) is 0 Å². The minimum Gasteiger partial charge on any atom is -0.391 e. The Morgan fingerprint density at radius 2 is 2.17 bits per heavy atom. The number of anilines is 1. The van der Waals surface area contributed by atoms with E-state index in [1.54, 1.807) is 12.1 Å². The van der Waals surface area contributed by atoms with Crippen LogP contribution in [0.25, 0.3) is 0 Å². The van der Waals surface area contributed by atoms with E-state index < -0.39 is 5.82 Å². The summed E-state index contributed by atoms with van der Waals surface area (Å²) in [6, 6.07) is 6.85. The standard InChI is InChI=1S/C14H19FN2O/c1-11(2)9-17(8-4-7-16)14-6-3-5-13(15)12(14)10-18/h3,5-6,11,18H,4,8-10H2,1-2H3. The van der Waals surface area contributed by atoms with Crippen LogP contribution >= 0.6 is 0 Å². The molecule has 0 spiro atoms. The maximum absolute atomic E-state index is 13.6. The number of benzene rings is 1. The summed E-state index contributed by atoms with van der Waals surface area (Å²) >= 11 is 0. The molecule has 0 unspecified atom stereocenters. The van der Waals surface area contributed by atoms with Gasteiger partial charge in [-0.25, -0.2) is 4.39 Å². The van der Waals surface area contributed by atoms with Crippen LogP contribution < -0.4 is 4.90 Å². The lowest BCUT2D eigenvalue weighted by Crippen LogP contribution is -2.29. The Bertz CT molecular complexity index is 426. The summed E-state index contributed by atoms with van der Waals surface area (Å²) in [4.78, 5) is 1.96. The molecule has 1 N–H and O–H groups in total. The van der Waals surface area contributed by atoms with Gasteiger partial charge in [0.15, 0.2) is 0 Å².